The topological polar surface area (TPSA) is 126 Å². The number of ether oxygens (including phenoxy) is 2. The Labute approximate surface area is 161 Å². The van der Waals surface area contributed by atoms with E-state index < -0.39 is 18.1 Å². The zero-order valence-corrected chi connectivity index (χ0v) is 16.6. The van der Waals surface area contributed by atoms with Crippen LogP contribution in [0.5, 0.6) is 11.5 Å². The van der Waals surface area contributed by atoms with Crippen LogP contribution in [-0.2, 0) is 0 Å². The van der Waals surface area contributed by atoms with Crippen molar-refractivity contribution in [3.8, 4) is 11.5 Å². The van der Waals surface area contributed by atoms with E-state index in [0.717, 1.165) is 0 Å². The molecule has 1 amide bonds. The number of primary amides is 1. The zero-order chi connectivity index (χ0) is 20.4. The molecule has 0 aromatic heterocycles. The second-order valence-electron chi connectivity index (χ2n) is 7.11. The molecule has 0 spiro atoms. The lowest BCUT2D eigenvalue weighted by molar-refractivity contribution is 0.0983. The summed E-state index contributed by atoms with van der Waals surface area (Å²) < 4.78 is 11.1. The van der Waals surface area contributed by atoms with Gasteiger partial charge >= 0.3 is 0 Å². The molecule has 0 saturated heterocycles. The Kier molecular flexibility index (Phi) is 10.1. The van der Waals surface area contributed by atoms with Gasteiger partial charge < -0.3 is 36.1 Å². The van der Waals surface area contributed by atoms with E-state index in [2.05, 4.69) is 10.6 Å². The van der Waals surface area contributed by atoms with Gasteiger partial charge in [0.1, 0.15) is 36.9 Å². The lowest BCUT2D eigenvalue weighted by atomic mass is 10.2. The summed E-state index contributed by atoms with van der Waals surface area (Å²) in [5.74, 6) is 0.105. The van der Waals surface area contributed by atoms with E-state index in [9.17, 15) is 15.0 Å². The van der Waals surface area contributed by atoms with Crippen LogP contribution in [0, 0.1) is 0 Å². The Morgan fingerprint density at radius 1 is 0.926 bits per heavy atom. The molecule has 27 heavy (non-hydrogen) atoms. The molecule has 0 unspecified atom stereocenters. The number of hydrogen-bond donors (Lipinski definition) is 5. The lowest BCUT2D eigenvalue weighted by Crippen LogP contribution is -2.35. The number of hydrogen-bond acceptors (Lipinski definition) is 7. The van der Waals surface area contributed by atoms with Crippen molar-refractivity contribution in [3.63, 3.8) is 0 Å². The van der Waals surface area contributed by atoms with Gasteiger partial charge in [-0.05, 0) is 12.1 Å². The molecule has 6 N–H and O–H groups in total. The zero-order valence-electron chi connectivity index (χ0n) is 16.6. The van der Waals surface area contributed by atoms with E-state index in [0.29, 0.717) is 24.6 Å². The van der Waals surface area contributed by atoms with Gasteiger partial charge in [-0.2, -0.15) is 0 Å². The quantitative estimate of drug-likeness (QED) is 0.331. The lowest BCUT2D eigenvalue weighted by Gasteiger charge is -2.17. The number of nitrogens with two attached hydrogens (primary N) is 1. The van der Waals surface area contributed by atoms with E-state index in [1.54, 1.807) is 6.07 Å². The molecule has 154 valence electrons. The highest BCUT2D eigenvalue weighted by Gasteiger charge is 2.12. The van der Waals surface area contributed by atoms with Gasteiger partial charge in [-0.1, -0.05) is 27.7 Å². The summed E-state index contributed by atoms with van der Waals surface area (Å²) in [6.45, 7) is 8.84. The van der Waals surface area contributed by atoms with E-state index in [1.807, 2.05) is 27.7 Å². The summed E-state index contributed by atoms with van der Waals surface area (Å²) in [5, 5.41) is 26.1. The van der Waals surface area contributed by atoms with Gasteiger partial charge in [0.2, 0.25) is 5.91 Å². The van der Waals surface area contributed by atoms with Crippen LogP contribution in [-0.4, -0.2) is 66.7 Å². The Bertz CT molecular complexity index is 540. The Hall–Kier alpha value is -1.87. The molecule has 8 nitrogen and oxygen atoms in total. The third kappa shape index (κ3) is 10.1. The first-order chi connectivity index (χ1) is 12.7. The minimum atomic E-state index is -0.696. The molecule has 0 heterocycles. The molecule has 1 aromatic rings. The predicted molar refractivity (Wildman–Crippen MR) is 104 cm³/mol. The van der Waals surface area contributed by atoms with E-state index in [4.69, 9.17) is 15.2 Å². The third-order valence-corrected chi connectivity index (χ3v) is 3.57. The number of aliphatic hydroxyl groups is 2. The van der Waals surface area contributed by atoms with Gasteiger partial charge in [0.15, 0.2) is 0 Å². The highest BCUT2D eigenvalue weighted by molar-refractivity contribution is 5.93. The second kappa shape index (κ2) is 11.8. The SMILES string of the molecule is CC(C)NC[C@@H](O)COc1cc(OC[C@@H](O)CNC(C)C)cc(C(N)=O)c1. The predicted octanol–water partition coefficient (Wildman–Crippen LogP) is 0.261. The highest BCUT2D eigenvalue weighted by Crippen LogP contribution is 2.23. The largest absolute Gasteiger partial charge is 0.491 e. The molecule has 1 aromatic carbocycles. The van der Waals surface area contributed by atoms with Crippen molar-refractivity contribution in [1.29, 1.82) is 0 Å². The highest BCUT2D eigenvalue weighted by atomic mass is 16.5. The first kappa shape index (κ1) is 23.2. The van der Waals surface area contributed by atoms with Crippen LogP contribution in [0.3, 0.4) is 0 Å². The molecule has 8 heteroatoms. The van der Waals surface area contributed by atoms with Crippen LogP contribution >= 0.6 is 0 Å². The fourth-order valence-corrected chi connectivity index (χ4v) is 2.13. The fourth-order valence-electron chi connectivity index (χ4n) is 2.13. The van der Waals surface area contributed by atoms with Crippen molar-refractivity contribution in [1.82, 2.24) is 10.6 Å². The third-order valence-electron chi connectivity index (χ3n) is 3.57. The van der Waals surface area contributed by atoms with Crippen LogP contribution in [0.2, 0.25) is 0 Å². The summed E-state index contributed by atoms with van der Waals surface area (Å²) in [4.78, 5) is 11.5. The molecule has 2 atom stereocenters. The van der Waals surface area contributed by atoms with Crippen molar-refractivity contribution in [2.24, 2.45) is 5.73 Å². The summed E-state index contributed by atoms with van der Waals surface area (Å²) in [5.41, 5.74) is 5.59. The van der Waals surface area contributed by atoms with Crippen molar-refractivity contribution >= 4 is 5.91 Å². The Balaban J connectivity index is 2.66. The average molecular weight is 383 g/mol. The molecule has 1 rings (SSSR count). The Morgan fingerprint density at radius 2 is 1.33 bits per heavy atom. The normalized spacial score (nSPS) is 13.6. The standard InChI is InChI=1S/C19H33N3O5/c1-12(2)21-8-15(23)10-26-17-5-14(19(20)25)6-18(7-17)27-11-16(24)9-22-13(3)4/h5-7,12-13,15-16,21-24H,8-11H2,1-4H3,(H2,20,25)/t15-,16+. The monoisotopic (exact) mass is 383 g/mol. The van der Waals surface area contributed by atoms with Gasteiger partial charge in [0.25, 0.3) is 0 Å². The number of benzene rings is 1. The minimum Gasteiger partial charge on any atom is -0.491 e. The number of rotatable bonds is 13. The molecular formula is C19H33N3O5. The summed E-state index contributed by atoms with van der Waals surface area (Å²) in [6, 6.07) is 5.10. The smallest absolute Gasteiger partial charge is 0.248 e. The second-order valence-corrected chi connectivity index (χ2v) is 7.11. The molecule has 0 bridgehead atoms. The van der Waals surface area contributed by atoms with Gasteiger partial charge in [0, 0.05) is 36.8 Å². The molecule has 0 fully saturated rings. The molecule has 0 saturated carbocycles. The molecule has 0 aliphatic rings. The Morgan fingerprint density at radius 3 is 1.67 bits per heavy atom. The van der Waals surface area contributed by atoms with Gasteiger partial charge in [-0.25, -0.2) is 0 Å². The summed E-state index contributed by atoms with van der Waals surface area (Å²) in [7, 11) is 0. The van der Waals surface area contributed by atoms with Crippen LogP contribution in [0.15, 0.2) is 18.2 Å². The maximum atomic E-state index is 11.5. The molecule has 0 aliphatic heterocycles. The van der Waals surface area contributed by atoms with Crippen LogP contribution in [0.25, 0.3) is 0 Å². The van der Waals surface area contributed by atoms with Crippen LogP contribution in [0.4, 0.5) is 0 Å². The molecule has 0 aliphatic carbocycles. The number of amides is 1. The van der Waals surface area contributed by atoms with E-state index >= 15 is 0 Å². The number of nitrogens with one attached hydrogen (secondary N) is 2. The fraction of sp³-hybridized carbons (Fsp3) is 0.632. The first-order valence-electron chi connectivity index (χ1n) is 9.20. The number of aliphatic hydroxyl groups excluding tert-OH is 2. The van der Waals surface area contributed by atoms with Crippen molar-refractivity contribution in [2.75, 3.05) is 26.3 Å². The summed E-state index contributed by atoms with van der Waals surface area (Å²) >= 11 is 0. The maximum Gasteiger partial charge on any atom is 0.248 e. The van der Waals surface area contributed by atoms with Crippen molar-refractivity contribution in [2.45, 2.75) is 52.0 Å². The van der Waals surface area contributed by atoms with Gasteiger partial charge in [-0.3, -0.25) is 4.79 Å². The molecular weight excluding hydrogens is 350 g/mol. The maximum absolute atomic E-state index is 11.5. The molecule has 0 radical (unpaired) electrons. The van der Waals surface area contributed by atoms with E-state index in [-0.39, 0.29) is 30.9 Å². The number of carbonyl (C=O) groups excluding carboxylic acids is 1. The van der Waals surface area contributed by atoms with Crippen molar-refractivity contribution < 1.29 is 24.5 Å². The minimum absolute atomic E-state index is 0.0578. The summed E-state index contributed by atoms with van der Waals surface area (Å²) in [6.07, 6.45) is -1.39. The van der Waals surface area contributed by atoms with Crippen molar-refractivity contribution in [3.05, 3.63) is 23.8 Å². The van der Waals surface area contributed by atoms with Crippen LogP contribution in [0.1, 0.15) is 38.1 Å². The van der Waals surface area contributed by atoms with Gasteiger partial charge in [0.05, 0.1) is 0 Å². The number of carbonyl (C=O) groups is 1. The van der Waals surface area contributed by atoms with Crippen LogP contribution < -0.4 is 25.8 Å². The first-order valence-corrected chi connectivity index (χ1v) is 9.20. The van der Waals surface area contributed by atoms with Gasteiger partial charge in [-0.15, -0.1) is 0 Å². The van der Waals surface area contributed by atoms with E-state index in [1.165, 1.54) is 12.1 Å². The average Bonchev–Trinajstić information content (AvgIpc) is 2.60.